The Morgan fingerprint density at radius 2 is 1.67 bits per heavy atom. The van der Waals surface area contributed by atoms with Gasteiger partial charge < -0.3 is 10.5 Å². The SMILES string of the molecule is CC(C)(C)OC[NH-].[Re].[Rf]. The van der Waals surface area contributed by atoms with E-state index in [4.69, 9.17) is 10.5 Å². The second-order valence-corrected chi connectivity index (χ2v) is 2.40. The van der Waals surface area contributed by atoms with E-state index >= 15 is 0 Å². The van der Waals surface area contributed by atoms with Crippen LogP contribution in [0.5, 0.6) is 0 Å². The van der Waals surface area contributed by atoms with Gasteiger partial charge in [-0.25, -0.2) is 0 Å². The van der Waals surface area contributed by atoms with E-state index in [1.165, 1.54) is 0 Å². The molecular weight excluding hydrogens is 543 g/mol. The summed E-state index contributed by atoms with van der Waals surface area (Å²) >= 11 is 0. The van der Waals surface area contributed by atoms with Crippen LogP contribution in [0, 0.1) is 0 Å². The Balaban J connectivity index is -0.000000180. The van der Waals surface area contributed by atoms with E-state index in [-0.39, 0.29) is 32.8 Å². The molecule has 1 N–H and O–H groups in total. The summed E-state index contributed by atoms with van der Waals surface area (Å²) in [4.78, 5) is 0. The van der Waals surface area contributed by atoms with E-state index in [1.807, 2.05) is 20.8 Å². The fraction of sp³-hybridized carbons (Fsp3) is 1.00. The first kappa shape index (κ1) is 15.8. The van der Waals surface area contributed by atoms with Gasteiger partial charge in [0.25, 0.3) is 0 Å². The van der Waals surface area contributed by atoms with Gasteiger partial charge in [-0.1, -0.05) is 0 Å². The second-order valence-electron chi connectivity index (χ2n) is 2.40. The van der Waals surface area contributed by atoms with E-state index in [0.717, 1.165) is 0 Å². The molecule has 0 spiro atoms. The Kier molecular flexibility index (Phi) is 10.1. The fourth-order valence-corrected chi connectivity index (χ4v) is 0.217. The summed E-state index contributed by atoms with van der Waals surface area (Å²) in [5.74, 6) is 0. The van der Waals surface area contributed by atoms with E-state index < -0.39 is 0 Å². The normalized spacial score (nSPS) is 9.33. The molecule has 0 amide bonds. The molecule has 0 saturated heterocycles. The summed E-state index contributed by atoms with van der Waals surface area (Å²) in [5.41, 5.74) is 6.50. The minimum atomic E-state index is -0.137. The smallest absolute Gasteiger partial charge is 0.0574 e. The van der Waals surface area contributed by atoms with Crippen molar-refractivity contribution in [3.05, 3.63) is 5.73 Å². The summed E-state index contributed by atoms with van der Waals surface area (Å²) in [5, 5.41) is 0. The van der Waals surface area contributed by atoms with Gasteiger partial charge in [0.15, 0.2) is 0 Å². The average molecular weight is 555 g/mol. The predicted molar refractivity (Wildman–Crippen MR) is 30.0 cm³/mol. The molecule has 4 heteroatoms. The molecule has 0 heterocycles. The molecule has 0 rings (SSSR count). The number of nitrogens with one attached hydrogen (secondary N) is 1. The van der Waals surface area contributed by atoms with Crippen molar-refractivity contribution in [2.24, 2.45) is 0 Å². The van der Waals surface area contributed by atoms with Gasteiger partial charge in [0.1, 0.15) is 0 Å². The van der Waals surface area contributed by atoms with Gasteiger partial charge in [0.2, 0.25) is 0 Å². The molecule has 0 atom stereocenters. The van der Waals surface area contributed by atoms with E-state index in [9.17, 15) is 0 Å². The zero-order valence-corrected chi connectivity index (χ0v) is 15.3. The van der Waals surface area contributed by atoms with Crippen LogP contribution in [-0.2, 0) is 25.2 Å². The Labute approximate surface area is 64.4 Å². The Bertz CT molecular complexity index is 55.4. The molecule has 0 unspecified atom stereocenters. The third-order valence-electron chi connectivity index (χ3n) is 0.505. The number of hydrogen-bond donors (Lipinski definition) is 0. The number of hydrogen-bond acceptors (Lipinski definition) is 1. The first-order chi connectivity index (χ1) is 3.06. The zero-order chi connectivity index (χ0) is 5.91. The summed E-state index contributed by atoms with van der Waals surface area (Å²) < 4.78 is 4.90. The number of ether oxygens (including phenoxy) is 1. The van der Waals surface area contributed by atoms with Gasteiger partial charge in [0, 0.05) is 20.4 Å². The molecule has 0 aromatic rings. The van der Waals surface area contributed by atoms with Crippen LogP contribution in [0.1, 0.15) is 20.8 Å². The standard InChI is InChI=1S/C5H12NO.Re.Rf/c1-5(2,3)7-4-6;;/h6H,4H2,1-3H3;;/q-1;;. The molecule has 2 nitrogen and oxygen atoms in total. The predicted octanol–water partition coefficient (Wildman–Crippen LogP) is 1.81. The third kappa shape index (κ3) is 18.4. The minimum absolute atomic E-state index is 0. The van der Waals surface area contributed by atoms with Crippen LogP contribution in [0.25, 0.3) is 5.73 Å². The molecule has 9 heavy (non-hydrogen) atoms. The van der Waals surface area contributed by atoms with Crippen LogP contribution in [-0.4, -0.2) is 12.3 Å². The first-order valence-corrected chi connectivity index (χ1v) is 2.35. The zero-order valence-electron chi connectivity index (χ0n) is 6.20. The van der Waals surface area contributed by atoms with Crippen molar-refractivity contribution in [3.8, 4) is 0 Å². The summed E-state index contributed by atoms with van der Waals surface area (Å²) in [6.07, 6.45) is 0. The summed E-state index contributed by atoms with van der Waals surface area (Å²) in [6.45, 7) is 5.86. The minimum Gasteiger partial charge on any atom is -0.655 e. The topological polar surface area (TPSA) is 33.0 Å². The van der Waals surface area contributed by atoms with Gasteiger partial charge in [-0.3, -0.25) is 0 Å². The van der Waals surface area contributed by atoms with Crippen molar-refractivity contribution in [2.75, 3.05) is 6.73 Å². The third-order valence-corrected chi connectivity index (χ3v) is 0.505. The Hall–Kier alpha value is -0.418. The molecule has 0 aliphatic rings. The maximum absolute atomic E-state index is 6.64. The molecule has 0 saturated carbocycles. The quantitative estimate of drug-likeness (QED) is 0.486. The van der Waals surface area contributed by atoms with Crippen LogP contribution in [0.2, 0.25) is 0 Å². The van der Waals surface area contributed by atoms with Crippen LogP contribution in [0.15, 0.2) is 0 Å². The van der Waals surface area contributed by atoms with E-state index in [0.29, 0.717) is 0 Å². The fourth-order valence-electron chi connectivity index (χ4n) is 0.217. The van der Waals surface area contributed by atoms with Crippen LogP contribution in [0.3, 0.4) is 0 Å². The monoisotopic (exact) mass is 556 g/mol. The molecule has 0 aliphatic heterocycles. The van der Waals surface area contributed by atoms with E-state index in [2.05, 4.69) is 0 Å². The molecule has 0 aromatic carbocycles. The molecule has 0 fully saturated rings. The van der Waals surface area contributed by atoms with Gasteiger partial charge in [-0.05, 0) is 27.5 Å². The van der Waals surface area contributed by atoms with Crippen LogP contribution < -0.4 is 0 Å². The summed E-state index contributed by atoms with van der Waals surface area (Å²) in [7, 11) is 0. The molecule has 1 radical (unpaired) electrons. The van der Waals surface area contributed by atoms with Gasteiger partial charge in [-0.2, -0.15) is 0 Å². The van der Waals surface area contributed by atoms with Crippen molar-refractivity contribution in [3.63, 3.8) is 0 Å². The van der Waals surface area contributed by atoms with Crippen molar-refractivity contribution in [1.29, 1.82) is 0 Å². The summed E-state index contributed by atoms with van der Waals surface area (Å²) in [6, 6.07) is 0. The van der Waals surface area contributed by atoms with Crippen molar-refractivity contribution < 1.29 is 25.2 Å². The molecule has 0 aliphatic carbocycles. The maximum Gasteiger partial charge on any atom is 0.0574 e. The van der Waals surface area contributed by atoms with Crippen LogP contribution in [0.4, 0.5) is 0 Å². The van der Waals surface area contributed by atoms with Crippen molar-refractivity contribution >= 4 is 0 Å². The number of rotatable bonds is 1. The van der Waals surface area contributed by atoms with Gasteiger partial charge >= 0.3 is 0 Å². The van der Waals surface area contributed by atoms with Gasteiger partial charge in [0.05, 0.1) is 5.60 Å². The molecule has 0 aromatic heterocycles. The molecule has 0 bridgehead atoms. The second kappa shape index (κ2) is 5.71. The molecular formula is C5H12NOReRf-. The first-order valence-electron chi connectivity index (χ1n) is 2.35. The van der Waals surface area contributed by atoms with Gasteiger partial charge in [-0.15, -0.1) is 0 Å². The maximum atomic E-state index is 6.64. The van der Waals surface area contributed by atoms with Crippen LogP contribution >= 0.6 is 0 Å². The average Bonchev–Trinajstić information content (AvgIpc) is 1.30. The molecule has 53 valence electrons. The van der Waals surface area contributed by atoms with E-state index in [1.54, 1.807) is 0 Å². The Morgan fingerprint density at radius 1 is 1.33 bits per heavy atom. The van der Waals surface area contributed by atoms with Crippen molar-refractivity contribution in [1.82, 2.24) is 0 Å². The van der Waals surface area contributed by atoms with Crippen molar-refractivity contribution in [2.45, 2.75) is 26.4 Å². The Morgan fingerprint density at radius 3 is 1.67 bits per heavy atom. The largest absolute Gasteiger partial charge is 0.655 e.